The van der Waals surface area contributed by atoms with Gasteiger partial charge in [0.05, 0.1) is 6.61 Å². The minimum Gasteiger partial charge on any atom is -0.508 e. The lowest BCUT2D eigenvalue weighted by Gasteiger charge is -2.24. The van der Waals surface area contributed by atoms with Crippen LogP contribution in [-0.2, 0) is 4.74 Å². The van der Waals surface area contributed by atoms with Crippen molar-refractivity contribution in [3.63, 3.8) is 0 Å². The molecule has 1 aromatic rings. The second-order valence-electron chi connectivity index (χ2n) is 4.92. The predicted molar refractivity (Wildman–Crippen MR) is 68.0 cm³/mol. The van der Waals surface area contributed by atoms with Crippen LogP contribution in [0.25, 0.3) is 0 Å². The molecule has 18 heavy (non-hydrogen) atoms. The van der Waals surface area contributed by atoms with Gasteiger partial charge in [0, 0.05) is 30.8 Å². The van der Waals surface area contributed by atoms with E-state index in [0.29, 0.717) is 11.5 Å². The van der Waals surface area contributed by atoms with E-state index in [0.717, 1.165) is 38.7 Å². The molecular formula is C14H20FNO2. The Morgan fingerprint density at radius 2 is 2.39 bits per heavy atom. The SMILES string of the molecule is CC(NCC1CCCOC1)c1ccc(O)cc1F. The lowest BCUT2D eigenvalue weighted by atomic mass is 10.0. The van der Waals surface area contributed by atoms with Crippen LogP contribution >= 0.6 is 0 Å². The van der Waals surface area contributed by atoms with Crippen molar-refractivity contribution in [2.24, 2.45) is 5.92 Å². The van der Waals surface area contributed by atoms with Crippen LogP contribution in [0.5, 0.6) is 5.75 Å². The Bertz CT molecular complexity index is 391. The van der Waals surface area contributed by atoms with Gasteiger partial charge in [-0.25, -0.2) is 4.39 Å². The maximum atomic E-state index is 13.6. The van der Waals surface area contributed by atoms with Gasteiger partial charge in [-0.2, -0.15) is 0 Å². The molecule has 2 N–H and O–H groups in total. The first-order chi connectivity index (χ1) is 8.66. The monoisotopic (exact) mass is 253 g/mol. The number of benzene rings is 1. The zero-order valence-electron chi connectivity index (χ0n) is 10.7. The Balaban J connectivity index is 1.88. The molecule has 1 saturated heterocycles. The van der Waals surface area contributed by atoms with Gasteiger partial charge in [0.25, 0.3) is 0 Å². The third-order valence-electron chi connectivity index (χ3n) is 3.42. The molecule has 3 nitrogen and oxygen atoms in total. The van der Waals surface area contributed by atoms with Crippen molar-refractivity contribution in [2.75, 3.05) is 19.8 Å². The Morgan fingerprint density at radius 1 is 1.56 bits per heavy atom. The van der Waals surface area contributed by atoms with E-state index in [1.807, 2.05) is 6.92 Å². The van der Waals surface area contributed by atoms with Crippen LogP contribution in [0.15, 0.2) is 18.2 Å². The zero-order chi connectivity index (χ0) is 13.0. The topological polar surface area (TPSA) is 41.5 Å². The lowest BCUT2D eigenvalue weighted by molar-refractivity contribution is 0.0539. The number of rotatable bonds is 4. The van der Waals surface area contributed by atoms with Gasteiger partial charge in [-0.3, -0.25) is 0 Å². The van der Waals surface area contributed by atoms with Gasteiger partial charge in [0.2, 0.25) is 0 Å². The van der Waals surface area contributed by atoms with E-state index in [9.17, 15) is 9.50 Å². The minimum atomic E-state index is -0.366. The number of nitrogens with one attached hydrogen (secondary N) is 1. The molecule has 2 atom stereocenters. The highest BCUT2D eigenvalue weighted by molar-refractivity contribution is 5.29. The van der Waals surface area contributed by atoms with Crippen molar-refractivity contribution >= 4 is 0 Å². The Hall–Kier alpha value is -1.13. The van der Waals surface area contributed by atoms with E-state index in [1.165, 1.54) is 6.07 Å². The molecule has 1 aromatic carbocycles. The molecule has 0 aromatic heterocycles. The van der Waals surface area contributed by atoms with E-state index < -0.39 is 0 Å². The second-order valence-corrected chi connectivity index (χ2v) is 4.92. The lowest BCUT2D eigenvalue weighted by Crippen LogP contribution is -2.31. The van der Waals surface area contributed by atoms with Crippen LogP contribution in [0.1, 0.15) is 31.4 Å². The number of ether oxygens (including phenoxy) is 1. The van der Waals surface area contributed by atoms with Crippen molar-refractivity contribution in [1.29, 1.82) is 0 Å². The summed E-state index contributed by atoms with van der Waals surface area (Å²) in [5.41, 5.74) is 0.588. The van der Waals surface area contributed by atoms with Crippen molar-refractivity contribution in [1.82, 2.24) is 5.32 Å². The van der Waals surface area contributed by atoms with Crippen molar-refractivity contribution in [2.45, 2.75) is 25.8 Å². The molecule has 2 unspecified atom stereocenters. The second kappa shape index (κ2) is 6.16. The summed E-state index contributed by atoms with van der Waals surface area (Å²) in [7, 11) is 0. The maximum absolute atomic E-state index is 13.6. The van der Waals surface area contributed by atoms with E-state index in [1.54, 1.807) is 6.07 Å². The Kier molecular flexibility index (Phi) is 4.55. The van der Waals surface area contributed by atoms with Crippen LogP contribution in [0.2, 0.25) is 0 Å². The molecule has 100 valence electrons. The fraction of sp³-hybridized carbons (Fsp3) is 0.571. The molecule has 0 aliphatic carbocycles. The van der Waals surface area contributed by atoms with Crippen LogP contribution in [0, 0.1) is 11.7 Å². The molecule has 1 heterocycles. The summed E-state index contributed by atoms with van der Waals surface area (Å²) in [6.45, 7) is 4.41. The molecule has 0 bridgehead atoms. The van der Waals surface area contributed by atoms with Gasteiger partial charge >= 0.3 is 0 Å². The summed E-state index contributed by atoms with van der Waals surface area (Å²) in [4.78, 5) is 0. The highest BCUT2D eigenvalue weighted by Crippen LogP contribution is 2.21. The van der Waals surface area contributed by atoms with E-state index in [-0.39, 0.29) is 17.6 Å². The summed E-state index contributed by atoms with van der Waals surface area (Å²) in [5.74, 6) is 0.111. The number of hydrogen-bond donors (Lipinski definition) is 2. The van der Waals surface area contributed by atoms with Crippen LogP contribution < -0.4 is 5.32 Å². The standard InChI is InChI=1S/C14H20FNO2/c1-10(13-5-4-12(17)7-14(13)15)16-8-11-3-2-6-18-9-11/h4-5,7,10-11,16-17H,2-3,6,8-9H2,1H3. The Morgan fingerprint density at radius 3 is 3.06 bits per heavy atom. The molecular weight excluding hydrogens is 233 g/mol. The molecule has 0 radical (unpaired) electrons. The number of aromatic hydroxyl groups is 1. The van der Waals surface area contributed by atoms with Crippen LogP contribution in [-0.4, -0.2) is 24.9 Å². The smallest absolute Gasteiger partial charge is 0.131 e. The highest BCUT2D eigenvalue weighted by Gasteiger charge is 2.16. The average Bonchev–Trinajstić information content (AvgIpc) is 2.37. The molecule has 1 aliphatic heterocycles. The van der Waals surface area contributed by atoms with Crippen molar-refractivity contribution in [3.05, 3.63) is 29.6 Å². The highest BCUT2D eigenvalue weighted by atomic mass is 19.1. The van der Waals surface area contributed by atoms with Gasteiger partial charge < -0.3 is 15.2 Å². The fourth-order valence-corrected chi connectivity index (χ4v) is 2.29. The summed E-state index contributed by atoms with van der Waals surface area (Å²) < 4.78 is 19.1. The maximum Gasteiger partial charge on any atom is 0.131 e. The van der Waals surface area contributed by atoms with Gasteiger partial charge in [-0.1, -0.05) is 6.07 Å². The van der Waals surface area contributed by atoms with Gasteiger partial charge in [0.15, 0.2) is 0 Å². The van der Waals surface area contributed by atoms with E-state index in [2.05, 4.69) is 5.32 Å². The molecule has 1 fully saturated rings. The molecule has 0 saturated carbocycles. The van der Waals surface area contributed by atoms with Crippen molar-refractivity contribution < 1.29 is 14.2 Å². The van der Waals surface area contributed by atoms with Crippen LogP contribution in [0.4, 0.5) is 4.39 Å². The normalized spacial score (nSPS) is 21.8. The summed E-state index contributed by atoms with van der Waals surface area (Å²) in [5, 5.41) is 12.5. The molecule has 2 rings (SSSR count). The van der Waals surface area contributed by atoms with E-state index >= 15 is 0 Å². The largest absolute Gasteiger partial charge is 0.508 e. The number of phenolic OH excluding ortho intramolecular Hbond substituents is 1. The van der Waals surface area contributed by atoms with Gasteiger partial charge in [-0.05, 0) is 31.7 Å². The average molecular weight is 253 g/mol. The van der Waals surface area contributed by atoms with Crippen LogP contribution in [0.3, 0.4) is 0 Å². The van der Waals surface area contributed by atoms with Gasteiger partial charge in [0.1, 0.15) is 11.6 Å². The zero-order valence-corrected chi connectivity index (χ0v) is 10.7. The molecule has 0 amide bonds. The molecule has 0 spiro atoms. The number of halogens is 1. The first-order valence-corrected chi connectivity index (χ1v) is 6.46. The number of phenols is 1. The summed E-state index contributed by atoms with van der Waals surface area (Å²) in [6, 6.07) is 4.23. The molecule has 1 aliphatic rings. The van der Waals surface area contributed by atoms with Crippen molar-refractivity contribution in [3.8, 4) is 5.75 Å². The third kappa shape index (κ3) is 3.43. The molecule has 4 heteroatoms. The first kappa shape index (κ1) is 13.3. The predicted octanol–water partition coefficient (Wildman–Crippen LogP) is 2.61. The van der Waals surface area contributed by atoms with Gasteiger partial charge in [-0.15, -0.1) is 0 Å². The fourth-order valence-electron chi connectivity index (χ4n) is 2.29. The number of hydrogen-bond acceptors (Lipinski definition) is 3. The summed E-state index contributed by atoms with van der Waals surface area (Å²) >= 11 is 0. The quantitative estimate of drug-likeness (QED) is 0.866. The minimum absolute atomic E-state index is 0.0378. The summed E-state index contributed by atoms with van der Waals surface area (Å²) in [6.07, 6.45) is 2.27. The Labute approximate surface area is 107 Å². The third-order valence-corrected chi connectivity index (χ3v) is 3.42. The first-order valence-electron chi connectivity index (χ1n) is 6.46. The van der Waals surface area contributed by atoms with E-state index in [4.69, 9.17) is 4.74 Å².